The van der Waals surface area contributed by atoms with Crippen molar-refractivity contribution in [2.24, 2.45) is 0 Å². The predicted molar refractivity (Wildman–Crippen MR) is 88.3 cm³/mol. The van der Waals surface area contributed by atoms with Crippen LogP contribution in [0.5, 0.6) is 5.75 Å². The van der Waals surface area contributed by atoms with Crippen molar-refractivity contribution in [3.8, 4) is 5.75 Å². The largest absolute Gasteiger partial charge is 0.496 e. The average Bonchev–Trinajstić information content (AvgIpc) is 2.45. The zero-order valence-corrected chi connectivity index (χ0v) is 14.2. The third-order valence-electron chi connectivity index (χ3n) is 3.47. The molecule has 1 atom stereocenters. The lowest BCUT2D eigenvalue weighted by Gasteiger charge is -2.28. The van der Waals surface area contributed by atoms with Gasteiger partial charge in [-0.2, -0.15) is 0 Å². The lowest BCUT2D eigenvalue weighted by Crippen LogP contribution is -2.45. The molecular weight excluding hydrogens is 334 g/mol. The molecule has 1 aromatic carbocycles. The van der Waals surface area contributed by atoms with Crippen LogP contribution < -0.4 is 10.1 Å². The third-order valence-corrected chi connectivity index (χ3v) is 3.97. The number of aliphatic hydroxyl groups is 1. The summed E-state index contributed by atoms with van der Waals surface area (Å²) in [6, 6.07) is 5.60. The van der Waals surface area contributed by atoms with Crippen LogP contribution in [-0.4, -0.2) is 30.3 Å². The van der Waals surface area contributed by atoms with E-state index in [0.29, 0.717) is 12.2 Å². The van der Waals surface area contributed by atoms with Crippen molar-refractivity contribution >= 4 is 27.9 Å². The van der Waals surface area contributed by atoms with Gasteiger partial charge in [0.05, 0.1) is 7.11 Å². The van der Waals surface area contributed by atoms with Gasteiger partial charge in [-0.25, -0.2) is 0 Å². The molecule has 0 heterocycles. The van der Waals surface area contributed by atoms with E-state index in [2.05, 4.69) is 21.2 Å². The number of rotatable bonds is 7. The fourth-order valence-electron chi connectivity index (χ4n) is 1.91. The number of hydrogen-bond acceptors (Lipinski definition) is 3. The van der Waals surface area contributed by atoms with Gasteiger partial charge in [-0.15, -0.1) is 0 Å². The van der Waals surface area contributed by atoms with Gasteiger partial charge in [0.2, 0.25) is 5.91 Å². The van der Waals surface area contributed by atoms with Gasteiger partial charge in [0, 0.05) is 28.3 Å². The van der Waals surface area contributed by atoms with E-state index in [1.165, 1.54) is 6.08 Å². The summed E-state index contributed by atoms with van der Waals surface area (Å²) < 4.78 is 6.17. The van der Waals surface area contributed by atoms with Gasteiger partial charge in [0.1, 0.15) is 5.75 Å². The Labute approximate surface area is 134 Å². The quantitative estimate of drug-likeness (QED) is 0.738. The second-order valence-corrected chi connectivity index (χ2v) is 6.01. The molecule has 0 bridgehead atoms. The summed E-state index contributed by atoms with van der Waals surface area (Å²) in [7, 11) is 1.59. The fraction of sp³-hybridized carbons (Fsp3) is 0.438. The molecule has 4 nitrogen and oxygen atoms in total. The van der Waals surface area contributed by atoms with Gasteiger partial charge >= 0.3 is 0 Å². The Hall–Kier alpha value is -1.33. The molecule has 0 fully saturated rings. The van der Waals surface area contributed by atoms with Gasteiger partial charge in [-0.3, -0.25) is 4.79 Å². The molecule has 0 aliphatic rings. The molecule has 0 spiro atoms. The van der Waals surface area contributed by atoms with Crippen molar-refractivity contribution in [3.05, 3.63) is 34.3 Å². The molecule has 1 unspecified atom stereocenters. The number of carbonyl (C=O) groups is 1. The first kappa shape index (κ1) is 17.7. The lowest BCUT2D eigenvalue weighted by molar-refractivity contribution is -0.118. The molecule has 0 saturated carbocycles. The van der Waals surface area contributed by atoms with Crippen LogP contribution in [0.2, 0.25) is 0 Å². The molecule has 0 saturated heterocycles. The summed E-state index contributed by atoms with van der Waals surface area (Å²) >= 11 is 3.40. The number of benzene rings is 1. The SMILES string of the molecule is CCC(C)(CCO)NC(=O)/C=C/c1cc(Br)ccc1OC. The maximum atomic E-state index is 12.0. The van der Waals surface area contributed by atoms with Gasteiger partial charge in [0.15, 0.2) is 0 Å². The molecule has 1 rings (SSSR count). The Morgan fingerprint density at radius 1 is 1.52 bits per heavy atom. The molecule has 21 heavy (non-hydrogen) atoms. The molecule has 0 aliphatic heterocycles. The lowest BCUT2D eigenvalue weighted by atomic mass is 9.95. The summed E-state index contributed by atoms with van der Waals surface area (Å²) in [5.41, 5.74) is 0.430. The van der Waals surface area contributed by atoms with Crippen LogP contribution in [0, 0.1) is 0 Å². The minimum atomic E-state index is -0.391. The number of carbonyl (C=O) groups excluding carboxylic acids is 1. The molecule has 1 amide bonds. The number of halogens is 1. The van der Waals surface area contributed by atoms with Gasteiger partial charge < -0.3 is 15.2 Å². The van der Waals surface area contributed by atoms with Crippen molar-refractivity contribution in [2.75, 3.05) is 13.7 Å². The normalized spacial score (nSPS) is 14.0. The topological polar surface area (TPSA) is 58.6 Å². The number of amides is 1. The highest BCUT2D eigenvalue weighted by Gasteiger charge is 2.22. The molecular formula is C16H22BrNO3. The van der Waals surface area contributed by atoms with Crippen LogP contribution in [0.1, 0.15) is 32.3 Å². The van der Waals surface area contributed by atoms with Crippen molar-refractivity contribution in [1.29, 1.82) is 0 Å². The minimum absolute atomic E-state index is 0.0494. The van der Waals surface area contributed by atoms with Crippen LogP contribution in [0.25, 0.3) is 6.08 Å². The summed E-state index contributed by atoms with van der Waals surface area (Å²) in [6.07, 6.45) is 4.49. The first-order chi connectivity index (χ1) is 9.94. The van der Waals surface area contributed by atoms with Crippen molar-refractivity contribution in [3.63, 3.8) is 0 Å². The molecule has 1 aromatic rings. The number of nitrogens with one attached hydrogen (secondary N) is 1. The maximum Gasteiger partial charge on any atom is 0.244 e. The smallest absolute Gasteiger partial charge is 0.244 e. The second kappa shape index (κ2) is 8.20. The average molecular weight is 356 g/mol. The number of aliphatic hydroxyl groups excluding tert-OH is 1. The first-order valence-electron chi connectivity index (χ1n) is 6.88. The van der Waals surface area contributed by atoms with E-state index < -0.39 is 5.54 Å². The van der Waals surface area contributed by atoms with Gasteiger partial charge in [0.25, 0.3) is 0 Å². The zero-order valence-electron chi connectivity index (χ0n) is 12.6. The van der Waals surface area contributed by atoms with E-state index in [-0.39, 0.29) is 12.5 Å². The van der Waals surface area contributed by atoms with Crippen LogP contribution in [0.4, 0.5) is 0 Å². The van der Waals surface area contributed by atoms with E-state index in [1.807, 2.05) is 32.0 Å². The second-order valence-electron chi connectivity index (χ2n) is 5.10. The summed E-state index contributed by atoms with van der Waals surface area (Å²) in [6.45, 7) is 3.96. The predicted octanol–water partition coefficient (Wildman–Crippen LogP) is 3.14. The number of ether oxygens (including phenoxy) is 1. The minimum Gasteiger partial charge on any atom is -0.496 e. The molecule has 2 N–H and O–H groups in total. The molecule has 0 aliphatic carbocycles. The standard InChI is InChI=1S/C16H22BrNO3/c1-4-16(2,9-10-19)18-15(20)8-5-12-11-13(17)6-7-14(12)21-3/h5-8,11,19H,4,9-10H2,1-3H3,(H,18,20)/b8-5+. The monoisotopic (exact) mass is 355 g/mol. The van der Waals surface area contributed by atoms with Crippen LogP contribution >= 0.6 is 15.9 Å². The van der Waals surface area contributed by atoms with Crippen LogP contribution in [0.15, 0.2) is 28.7 Å². The Morgan fingerprint density at radius 3 is 2.81 bits per heavy atom. The van der Waals surface area contributed by atoms with Crippen molar-refractivity contribution in [2.45, 2.75) is 32.2 Å². The Kier molecular flexibility index (Phi) is 6.92. The van der Waals surface area contributed by atoms with E-state index in [9.17, 15) is 4.79 Å². The highest BCUT2D eigenvalue weighted by Crippen LogP contribution is 2.24. The highest BCUT2D eigenvalue weighted by molar-refractivity contribution is 9.10. The number of methoxy groups -OCH3 is 1. The van der Waals surface area contributed by atoms with E-state index in [0.717, 1.165) is 16.5 Å². The maximum absolute atomic E-state index is 12.0. The summed E-state index contributed by atoms with van der Waals surface area (Å²) in [4.78, 5) is 12.0. The third kappa shape index (κ3) is 5.52. The molecule has 0 aromatic heterocycles. The van der Waals surface area contributed by atoms with Gasteiger partial charge in [-0.1, -0.05) is 22.9 Å². The molecule has 116 valence electrons. The Morgan fingerprint density at radius 2 is 2.24 bits per heavy atom. The summed E-state index contributed by atoms with van der Waals surface area (Å²) in [5.74, 6) is 0.519. The molecule has 0 radical (unpaired) electrons. The van der Waals surface area contributed by atoms with E-state index in [4.69, 9.17) is 9.84 Å². The Bertz CT molecular complexity index is 516. The van der Waals surface area contributed by atoms with Crippen molar-refractivity contribution in [1.82, 2.24) is 5.32 Å². The van der Waals surface area contributed by atoms with E-state index >= 15 is 0 Å². The summed E-state index contributed by atoms with van der Waals surface area (Å²) in [5, 5.41) is 12.0. The molecule has 5 heteroatoms. The first-order valence-corrected chi connectivity index (χ1v) is 7.68. The van der Waals surface area contributed by atoms with Crippen molar-refractivity contribution < 1.29 is 14.6 Å². The van der Waals surface area contributed by atoms with Crippen LogP contribution in [-0.2, 0) is 4.79 Å². The fourth-order valence-corrected chi connectivity index (χ4v) is 2.29. The van der Waals surface area contributed by atoms with E-state index in [1.54, 1.807) is 13.2 Å². The zero-order chi connectivity index (χ0) is 15.9. The van der Waals surface area contributed by atoms with Crippen LogP contribution in [0.3, 0.4) is 0 Å². The highest BCUT2D eigenvalue weighted by atomic mass is 79.9. The van der Waals surface area contributed by atoms with Gasteiger partial charge in [-0.05, 0) is 44.0 Å². The Balaban J connectivity index is 2.81. The number of hydrogen-bond donors (Lipinski definition) is 2.